The Morgan fingerprint density at radius 1 is 1.30 bits per heavy atom. The van der Waals surface area contributed by atoms with Gasteiger partial charge in [0.2, 0.25) is 0 Å². The third kappa shape index (κ3) is 6.67. The average molecular weight is 456 g/mol. The quantitative estimate of drug-likeness (QED) is 0.637. The lowest BCUT2D eigenvalue weighted by atomic mass is 10.2. The van der Waals surface area contributed by atoms with Crippen LogP contribution in [0.25, 0.3) is 0 Å². The van der Waals surface area contributed by atoms with Gasteiger partial charge in [-0.15, -0.1) is 12.4 Å². The van der Waals surface area contributed by atoms with Crippen LogP contribution in [0, 0.1) is 0 Å². The molecule has 7 nitrogen and oxygen atoms in total. The number of likely N-dealkylation sites (tertiary alicyclic amines) is 1. The maximum atomic E-state index is 11.4. The van der Waals surface area contributed by atoms with Crippen LogP contribution in [0.1, 0.15) is 6.42 Å². The van der Waals surface area contributed by atoms with E-state index in [2.05, 4.69) is 4.90 Å². The van der Waals surface area contributed by atoms with Gasteiger partial charge in [0, 0.05) is 31.7 Å². The Labute approximate surface area is 187 Å². The Morgan fingerprint density at radius 3 is 2.70 bits per heavy atom. The summed E-state index contributed by atoms with van der Waals surface area (Å²) in [6, 6.07) is 13.8. The number of primary amides is 1. The summed E-state index contributed by atoms with van der Waals surface area (Å²) in [6.45, 7) is 2.17. The van der Waals surface area contributed by atoms with Gasteiger partial charge in [-0.3, -0.25) is 9.80 Å². The van der Waals surface area contributed by atoms with Gasteiger partial charge in [0.1, 0.15) is 30.3 Å². The first kappa shape index (κ1) is 24.1. The summed E-state index contributed by atoms with van der Waals surface area (Å²) in [5.41, 5.74) is 5.89. The number of aliphatic hydroxyl groups excluding tert-OH is 1. The van der Waals surface area contributed by atoms with E-state index in [4.69, 9.17) is 26.8 Å². The molecule has 3 rings (SSSR count). The number of nitrogens with two attached hydrogens (primary N) is 1. The third-order valence-corrected chi connectivity index (χ3v) is 5.05. The van der Waals surface area contributed by atoms with Gasteiger partial charge >= 0.3 is 6.03 Å². The molecule has 0 spiro atoms. The lowest BCUT2D eigenvalue weighted by molar-refractivity contribution is 0.0722. The Morgan fingerprint density at radius 2 is 2.00 bits per heavy atom. The Balaban J connectivity index is 0.00000320. The molecule has 0 radical (unpaired) electrons. The molecular formula is C21H27Cl2N3O4. The van der Waals surface area contributed by atoms with E-state index in [1.807, 2.05) is 12.1 Å². The first-order valence-corrected chi connectivity index (χ1v) is 9.88. The van der Waals surface area contributed by atoms with Crippen LogP contribution in [-0.2, 0) is 0 Å². The molecule has 2 atom stereocenters. The summed E-state index contributed by atoms with van der Waals surface area (Å²) >= 11 is 5.90. The Kier molecular flexibility index (Phi) is 9.05. The minimum atomic E-state index is -0.670. The summed E-state index contributed by atoms with van der Waals surface area (Å²) in [5.74, 6) is 1.29. The van der Waals surface area contributed by atoms with E-state index in [1.165, 1.54) is 4.90 Å². The molecule has 2 aromatic carbocycles. The van der Waals surface area contributed by atoms with Gasteiger partial charge in [-0.2, -0.15) is 0 Å². The number of ether oxygens (including phenoxy) is 2. The van der Waals surface area contributed by atoms with Crippen molar-refractivity contribution in [2.24, 2.45) is 5.73 Å². The molecule has 1 aliphatic rings. The lowest BCUT2D eigenvalue weighted by Crippen LogP contribution is -2.36. The van der Waals surface area contributed by atoms with Gasteiger partial charge in [0.25, 0.3) is 0 Å². The molecule has 2 aromatic rings. The van der Waals surface area contributed by atoms with Crippen LogP contribution in [0.2, 0.25) is 5.02 Å². The maximum Gasteiger partial charge on any atom is 0.319 e. The van der Waals surface area contributed by atoms with Crippen molar-refractivity contribution in [2.75, 3.05) is 38.2 Å². The Hall–Kier alpha value is -2.19. The molecule has 2 amide bonds. The number of carbonyl (C=O) groups excluding carboxylic acids is 1. The summed E-state index contributed by atoms with van der Waals surface area (Å²) < 4.78 is 11.7. The topological polar surface area (TPSA) is 88.3 Å². The molecule has 1 aliphatic heterocycles. The zero-order valence-electron chi connectivity index (χ0n) is 16.7. The van der Waals surface area contributed by atoms with Crippen molar-refractivity contribution >= 4 is 35.7 Å². The molecular weight excluding hydrogens is 429 g/mol. The fourth-order valence-corrected chi connectivity index (χ4v) is 3.40. The molecule has 9 heteroatoms. The van der Waals surface area contributed by atoms with Crippen LogP contribution in [0.15, 0.2) is 48.5 Å². The number of anilines is 1. The largest absolute Gasteiger partial charge is 0.489 e. The van der Waals surface area contributed by atoms with Gasteiger partial charge in [-0.1, -0.05) is 23.7 Å². The van der Waals surface area contributed by atoms with Crippen LogP contribution in [0.5, 0.6) is 11.5 Å². The van der Waals surface area contributed by atoms with Crippen LogP contribution in [-0.4, -0.2) is 61.5 Å². The van der Waals surface area contributed by atoms with Crippen LogP contribution in [0.4, 0.5) is 10.5 Å². The number of hydrogen-bond acceptors (Lipinski definition) is 5. The Bertz CT molecular complexity index is 822. The number of para-hydroxylation sites is 2. The maximum absolute atomic E-state index is 11.4. The van der Waals surface area contributed by atoms with E-state index in [9.17, 15) is 9.90 Å². The van der Waals surface area contributed by atoms with Crippen molar-refractivity contribution in [1.82, 2.24) is 4.90 Å². The highest BCUT2D eigenvalue weighted by Gasteiger charge is 2.26. The monoisotopic (exact) mass is 455 g/mol. The van der Waals surface area contributed by atoms with Gasteiger partial charge in [0.05, 0.1) is 5.69 Å². The number of benzene rings is 2. The molecule has 164 valence electrons. The van der Waals surface area contributed by atoms with Crippen molar-refractivity contribution in [1.29, 1.82) is 0 Å². The molecule has 0 bridgehead atoms. The number of β-amino-alcohol motifs (C(OH)–C–C–N with tert-alkyl or cyclic N) is 1. The minimum absolute atomic E-state index is 0. The van der Waals surface area contributed by atoms with Gasteiger partial charge < -0.3 is 20.3 Å². The second kappa shape index (κ2) is 11.3. The summed E-state index contributed by atoms with van der Waals surface area (Å²) in [5, 5.41) is 11.1. The number of halogens is 2. The summed E-state index contributed by atoms with van der Waals surface area (Å²) in [4.78, 5) is 14.9. The van der Waals surface area contributed by atoms with Crippen molar-refractivity contribution in [2.45, 2.75) is 18.6 Å². The second-order valence-electron chi connectivity index (χ2n) is 7.07. The summed E-state index contributed by atoms with van der Waals surface area (Å²) in [7, 11) is 1.58. The SMILES string of the molecule is CN(C(N)=O)c1ccccc1OCC(O)CN1CCC(Oc2ccc(Cl)cc2)C1.Cl. The van der Waals surface area contributed by atoms with Crippen molar-refractivity contribution in [3.8, 4) is 11.5 Å². The molecule has 0 aliphatic carbocycles. The number of carbonyl (C=O) groups is 1. The van der Waals surface area contributed by atoms with E-state index in [0.29, 0.717) is 23.0 Å². The highest BCUT2D eigenvalue weighted by Crippen LogP contribution is 2.27. The summed E-state index contributed by atoms with van der Waals surface area (Å²) in [6.07, 6.45) is 0.299. The normalized spacial score (nSPS) is 17.1. The number of hydrogen-bond donors (Lipinski definition) is 2. The number of rotatable bonds is 8. The first-order chi connectivity index (χ1) is 13.9. The molecule has 3 N–H and O–H groups in total. The predicted molar refractivity (Wildman–Crippen MR) is 120 cm³/mol. The zero-order valence-corrected chi connectivity index (χ0v) is 18.3. The van der Waals surface area contributed by atoms with Crippen molar-refractivity contribution in [3.63, 3.8) is 0 Å². The van der Waals surface area contributed by atoms with Gasteiger partial charge in [0.15, 0.2) is 0 Å². The number of amides is 2. The van der Waals surface area contributed by atoms with E-state index in [1.54, 1.807) is 43.4 Å². The fraction of sp³-hybridized carbons (Fsp3) is 0.381. The zero-order chi connectivity index (χ0) is 20.8. The molecule has 1 fully saturated rings. The number of aliphatic hydroxyl groups is 1. The number of urea groups is 1. The van der Waals surface area contributed by atoms with Crippen LogP contribution in [0.3, 0.4) is 0 Å². The lowest BCUT2D eigenvalue weighted by Gasteiger charge is -2.22. The number of nitrogens with zero attached hydrogens (tertiary/aromatic N) is 2. The fourth-order valence-electron chi connectivity index (χ4n) is 3.28. The van der Waals surface area contributed by atoms with Gasteiger partial charge in [-0.25, -0.2) is 4.79 Å². The van der Waals surface area contributed by atoms with Crippen molar-refractivity contribution in [3.05, 3.63) is 53.6 Å². The highest BCUT2D eigenvalue weighted by atomic mass is 35.5. The van der Waals surface area contributed by atoms with E-state index >= 15 is 0 Å². The first-order valence-electron chi connectivity index (χ1n) is 9.50. The molecule has 30 heavy (non-hydrogen) atoms. The molecule has 0 saturated carbocycles. The van der Waals surface area contributed by atoms with Crippen LogP contribution >= 0.6 is 24.0 Å². The van der Waals surface area contributed by atoms with E-state index in [-0.39, 0.29) is 25.1 Å². The van der Waals surface area contributed by atoms with Crippen molar-refractivity contribution < 1.29 is 19.4 Å². The van der Waals surface area contributed by atoms with Crippen LogP contribution < -0.4 is 20.1 Å². The van der Waals surface area contributed by atoms with E-state index < -0.39 is 12.1 Å². The van der Waals surface area contributed by atoms with E-state index in [0.717, 1.165) is 25.3 Å². The minimum Gasteiger partial charge on any atom is -0.489 e. The standard InChI is InChI=1S/C21H26ClN3O4.ClH/c1-24(21(23)27)19-4-2-3-5-20(19)28-14-16(26)12-25-11-10-18(13-25)29-17-8-6-15(22)7-9-17;/h2-9,16,18,26H,10-14H2,1H3,(H2,23,27);1H. The molecule has 1 heterocycles. The third-order valence-electron chi connectivity index (χ3n) is 4.80. The highest BCUT2D eigenvalue weighted by molar-refractivity contribution is 6.30. The predicted octanol–water partition coefficient (Wildman–Crippen LogP) is 3.17. The average Bonchev–Trinajstić information content (AvgIpc) is 3.14. The molecule has 0 aromatic heterocycles. The molecule has 1 saturated heterocycles. The second-order valence-corrected chi connectivity index (χ2v) is 7.51. The molecule has 2 unspecified atom stereocenters. The smallest absolute Gasteiger partial charge is 0.319 e. The van der Waals surface area contributed by atoms with Gasteiger partial charge in [-0.05, 0) is 42.8 Å².